The Bertz CT molecular complexity index is 1090. The first-order valence-electron chi connectivity index (χ1n) is 8.92. The lowest BCUT2D eigenvalue weighted by atomic mass is 10.2. The molecule has 0 spiro atoms. The molecule has 0 aliphatic carbocycles. The molecule has 0 bridgehead atoms. The van der Waals surface area contributed by atoms with Crippen molar-refractivity contribution in [1.82, 2.24) is 9.88 Å². The molecule has 1 unspecified atom stereocenters. The fraction of sp³-hybridized carbons (Fsp3) is 0.300. The van der Waals surface area contributed by atoms with Crippen LogP contribution < -0.4 is 15.6 Å². The van der Waals surface area contributed by atoms with E-state index >= 15 is 0 Å². The number of alkyl halides is 3. The van der Waals surface area contributed by atoms with Gasteiger partial charge in [-0.15, -0.1) is 0 Å². The summed E-state index contributed by atoms with van der Waals surface area (Å²) in [6.07, 6.45) is -3.65. The third kappa shape index (κ3) is 4.44. The third-order valence-electron chi connectivity index (χ3n) is 4.27. The summed E-state index contributed by atoms with van der Waals surface area (Å²) in [6, 6.07) is 8.36. The van der Waals surface area contributed by atoms with Crippen molar-refractivity contribution in [3.8, 4) is 5.75 Å². The minimum Gasteiger partial charge on any atom is -0.490 e. The van der Waals surface area contributed by atoms with Crippen molar-refractivity contribution in [3.63, 3.8) is 0 Å². The van der Waals surface area contributed by atoms with Gasteiger partial charge < -0.3 is 19.0 Å². The molecule has 3 rings (SSSR count). The van der Waals surface area contributed by atoms with Gasteiger partial charge in [-0.25, -0.2) is 0 Å². The SMILES string of the molecule is CCOc1cccc2cc(C(C)NC(=O)Cn3cccc(C(F)(F)F)c3=O)oc12. The van der Waals surface area contributed by atoms with Crippen LogP contribution in [0.5, 0.6) is 5.75 Å². The lowest BCUT2D eigenvalue weighted by Crippen LogP contribution is -2.35. The Hall–Kier alpha value is -3.23. The standard InChI is InChI=1S/C20H19F3N2O4/c1-3-28-15-8-4-6-13-10-16(29-18(13)15)12(2)24-17(26)11-25-9-5-7-14(19(25)27)20(21,22)23/h4-10,12H,3,11H2,1-2H3,(H,24,26). The van der Waals surface area contributed by atoms with Gasteiger partial charge in [0.05, 0.1) is 12.6 Å². The maximum atomic E-state index is 12.8. The van der Waals surface area contributed by atoms with E-state index in [1.165, 1.54) is 0 Å². The Balaban J connectivity index is 1.76. The maximum Gasteiger partial charge on any atom is 0.421 e. The van der Waals surface area contributed by atoms with Crippen LogP contribution in [-0.2, 0) is 17.5 Å². The summed E-state index contributed by atoms with van der Waals surface area (Å²) >= 11 is 0. The summed E-state index contributed by atoms with van der Waals surface area (Å²) in [6.45, 7) is 3.44. The Morgan fingerprint density at radius 1 is 1.28 bits per heavy atom. The number of fused-ring (bicyclic) bond motifs is 1. The number of rotatable bonds is 6. The van der Waals surface area contributed by atoms with E-state index in [4.69, 9.17) is 9.15 Å². The number of carbonyl (C=O) groups excluding carboxylic acids is 1. The lowest BCUT2D eigenvalue weighted by molar-refractivity contribution is -0.139. The monoisotopic (exact) mass is 408 g/mol. The Kier molecular flexibility index (Phi) is 5.67. The van der Waals surface area contributed by atoms with Gasteiger partial charge in [0, 0.05) is 11.6 Å². The van der Waals surface area contributed by atoms with Gasteiger partial charge in [0.25, 0.3) is 5.56 Å². The third-order valence-corrected chi connectivity index (χ3v) is 4.27. The van der Waals surface area contributed by atoms with Crippen molar-refractivity contribution < 1.29 is 27.1 Å². The van der Waals surface area contributed by atoms with Crippen LogP contribution in [0.2, 0.25) is 0 Å². The van der Waals surface area contributed by atoms with Crippen molar-refractivity contribution in [1.29, 1.82) is 0 Å². The number of carbonyl (C=O) groups is 1. The zero-order chi connectivity index (χ0) is 21.2. The highest BCUT2D eigenvalue weighted by Crippen LogP contribution is 2.31. The van der Waals surface area contributed by atoms with E-state index in [2.05, 4.69) is 5.32 Å². The van der Waals surface area contributed by atoms with E-state index in [0.29, 0.717) is 29.8 Å². The number of amides is 1. The highest BCUT2D eigenvalue weighted by Gasteiger charge is 2.34. The van der Waals surface area contributed by atoms with Gasteiger partial charge in [0.15, 0.2) is 11.3 Å². The van der Waals surface area contributed by atoms with Crippen LogP contribution in [-0.4, -0.2) is 17.1 Å². The van der Waals surface area contributed by atoms with Gasteiger partial charge in [-0.2, -0.15) is 13.2 Å². The molecule has 0 aliphatic rings. The number of halogens is 3. The molecule has 0 saturated carbocycles. The molecular weight excluding hydrogens is 389 g/mol. The number of hydrogen-bond acceptors (Lipinski definition) is 4. The van der Waals surface area contributed by atoms with E-state index in [-0.39, 0.29) is 0 Å². The molecule has 29 heavy (non-hydrogen) atoms. The molecule has 1 atom stereocenters. The second kappa shape index (κ2) is 8.02. The van der Waals surface area contributed by atoms with Crippen molar-refractivity contribution >= 4 is 16.9 Å². The number of furan rings is 1. The molecule has 2 aromatic heterocycles. The Labute approximate surface area is 163 Å². The molecule has 0 radical (unpaired) electrons. The smallest absolute Gasteiger partial charge is 0.421 e. The number of aromatic nitrogens is 1. The lowest BCUT2D eigenvalue weighted by Gasteiger charge is -2.13. The molecule has 0 saturated heterocycles. The molecule has 2 heterocycles. The molecule has 1 aromatic carbocycles. The molecule has 3 aromatic rings. The zero-order valence-electron chi connectivity index (χ0n) is 15.7. The summed E-state index contributed by atoms with van der Waals surface area (Å²) in [5, 5.41) is 3.42. The summed E-state index contributed by atoms with van der Waals surface area (Å²) in [5.41, 5.74) is -2.05. The molecule has 6 nitrogen and oxygen atoms in total. The molecular formula is C20H19F3N2O4. The van der Waals surface area contributed by atoms with Crippen LogP contribution in [0, 0.1) is 0 Å². The maximum absolute atomic E-state index is 12.8. The normalized spacial score (nSPS) is 12.7. The quantitative estimate of drug-likeness (QED) is 0.672. The summed E-state index contributed by atoms with van der Waals surface area (Å²) in [5.74, 6) is 0.409. The highest BCUT2D eigenvalue weighted by atomic mass is 19.4. The fourth-order valence-corrected chi connectivity index (χ4v) is 2.93. The predicted molar refractivity (Wildman–Crippen MR) is 99.6 cm³/mol. The van der Waals surface area contributed by atoms with Gasteiger partial charge >= 0.3 is 6.18 Å². The van der Waals surface area contributed by atoms with Crippen molar-refractivity contribution in [2.75, 3.05) is 6.61 Å². The van der Waals surface area contributed by atoms with Gasteiger partial charge in [0.2, 0.25) is 5.91 Å². The van der Waals surface area contributed by atoms with E-state index in [1.54, 1.807) is 19.1 Å². The first-order chi connectivity index (χ1) is 13.7. The predicted octanol–water partition coefficient (Wildman–Crippen LogP) is 3.89. The van der Waals surface area contributed by atoms with E-state index in [0.717, 1.165) is 22.2 Å². The van der Waals surface area contributed by atoms with E-state index < -0.39 is 35.8 Å². The van der Waals surface area contributed by atoms with Gasteiger partial charge in [-0.05, 0) is 38.1 Å². The molecule has 0 fully saturated rings. The fourth-order valence-electron chi connectivity index (χ4n) is 2.93. The Morgan fingerprint density at radius 2 is 2.03 bits per heavy atom. The summed E-state index contributed by atoms with van der Waals surface area (Å²) < 4.78 is 50.6. The topological polar surface area (TPSA) is 73.5 Å². The number of pyridine rings is 1. The molecule has 154 valence electrons. The van der Waals surface area contributed by atoms with Crippen LogP contribution in [0.25, 0.3) is 11.0 Å². The number of benzene rings is 1. The molecule has 9 heteroatoms. The van der Waals surface area contributed by atoms with Crippen LogP contribution in [0.4, 0.5) is 13.2 Å². The minimum atomic E-state index is -4.78. The van der Waals surface area contributed by atoms with Gasteiger partial charge in [-0.1, -0.05) is 12.1 Å². The first kappa shape index (κ1) is 20.5. The summed E-state index contributed by atoms with van der Waals surface area (Å²) in [4.78, 5) is 24.2. The number of nitrogens with zero attached hydrogens (tertiary/aromatic N) is 1. The number of para-hydroxylation sites is 1. The van der Waals surface area contributed by atoms with Crippen molar-refractivity contribution in [3.05, 3.63) is 64.3 Å². The first-order valence-corrected chi connectivity index (χ1v) is 8.92. The average molecular weight is 408 g/mol. The Morgan fingerprint density at radius 3 is 2.72 bits per heavy atom. The van der Waals surface area contributed by atoms with Gasteiger partial charge in [-0.3, -0.25) is 9.59 Å². The molecule has 0 aliphatic heterocycles. The highest BCUT2D eigenvalue weighted by molar-refractivity contribution is 5.84. The zero-order valence-corrected chi connectivity index (χ0v) is 15.7. The van der Waals surface area contributed by atoms with E-state index in [1.807, 2.05) is 19.1 Å². The minimum absolute atomic E-state index is 0.455. The number of nitrogens with one attached hydrogen (secondary N) is 1. The van der Waals surface area contributed by atoms with Crippen LogP contribution in [0.1, 0.15) is 31.2 Å². The van der Waals surface area contributed by atoms with Gasteiger partial charge in [0.1, 0.15) is 17.9 Å². The second-order valence-electron chi connectivity index (χ2n) is 6.40. The second-order valence-corrected chi connectivity index (χ2v) is 6.40. The average Bonchev–Trinajstić information content (AvgIpc) is 3.08. The van der Waals surface area contributed by atoms with E-state index in [9.17, 15) is 22.8 Å². The van der Waals surface area contributed by atoms with Crippen LogP contribution >= 0.6 is 0 Å². The largest absolute Gasteiger partial charge is 0.490 e. The molecule has 1 N–H and O–H groups in total. The summed E-state index contributed by atoms with van der Waals surface area (Å²) in [7, 11) is 0. The number of hydrogen-bond donors (Lipinski definition) is 1. The van der Waals surface area contributed by atoms with Crippen LogP contribution in [0.15, 0.2) is 51.8 Å². The molecule has 1 amide bonds. The van der Waals surface area contributed by atoms with Crippen LogP contribution in [0.3, 0.4) is 0 Å². The van der Waals surface area contributed by atoms with Crippen molar-refractivity contribution in [2.45, 2.75) is 32.6 Å². The van der Waals surface area contributed by atoms with Crippen molar-refractivity contribution in [2.24, 2.45) is 0 Å². The number of ether oxygens (including phenoxy) is 1.